The first-order valence-electron chi connectivity index (χ1n) is 17.9. The number of rotatable bonds is 19. The smallest absolute Gasteiger partial charge is 0.316 e. The van der Waals surface area contributed by atoms with Crippen LogP contribution in [0.3, 0.4) is 0 Å². The van der Waals surface area contributed by atoms with Crippen molar-refractivity contribution >= 4 is 35.1 Å². The molecule has 3 aromatic rings. The largest absolute Gasteiger partial charge is 0.351 e. The first-order valence-corrected chi connectivity index (χ1v) is 17.9. The van der Waals surface area contributed by atoms with Gasteiger partial charge in [-0.05, 0) is 90.9 Å². The van der Waals surface area contributed by atoms with Gasteiger partial charge in [-0.25, -0.2) is 4.79 Å². The molecule has 1 atom stereocenters. The highest BCUT2D eigenvalue weighted by atomic mass is 16.2. The Morgan fingerprint density at radius 3 is 1.90 bits per heavy atom. The van der Waals surface area contributed by atoms with Crippen molar-refractivity contribution in [1.29, 1.82) is 0 Å². The molecule has 3 aromatic heterocycles. The number of urea groups is 1. The van der Waals surface area contributed by atoms with Gasteiger partial charge in [0.2, 0.25) is 0 Å². The van der Waals surface area contributed by atoms with Crippen molar-refractivity contribution in [3.8, 4) is 0 Å². The van der Waals surface area contributed by atoms with Crippen LogP contribution in [0, 0.1) is 12.8 Å². The molecule has 14 nitrogen and oxygen atoms in total. The normalized spacial score (nSPS) is 12.2. The summed E-state index contributed by atoms with van der Waals surface area (Å²) in [5, 5.41) is 18.0. The lowest BCUT2D eigenvalue weighted by Gasteiger charge is -2.33. The molecule has 0 saturated carbocycles. The van der Waals surface area contributed by atoms with E-state index in [1.165, 1.54) is 6.42 Å². The minimum atomic E-state index is -0.746. The van der Waals surface area contributed by atoms with Gasteiger partial charge in [0.25, 0.3) is 17.7 Å². The maximum absolute atomic E-state index is 13.6. The van der Waals surface area contributed by atoms with E-state index in [4.69, 9.17) is 0 Å². The lowest BCUT2D eigenvalue weighted by atomic mass is 10.1. The summed E-state index contributed by atoms with van der Waals surface area (Å²) in [7, 11) is 7.44. The molecule has 5 amide bonds. The van der Waals surface area contributed by atoms with Crippen molar-refractivity contribution in [2.45, 2.75) is 85.5 Å². The number of hydrogen-bond donors (Lipinski definition) is 6. The van der Waals surface area contributed by atoms with Crippen molar-refractivity contribution in [3.63, 3.8) is 0 Å². The molecule has 0 bridgehead atoms. The van der Waals surface area contributed by atoms with Crippen molar-refractivity contribution in [2.24, 2.45) is 20.0 Å². The first kappa shape index (κ1) is 40.9. The molecule has 0 spiro atoms. The Labute approximate surface area is 303 Å². The second-order valence-electron chi connectivity index (χ2n) is 14.6. The summed E-state index contributed by atoms with van der Waals surface area (Å²) in [5.74, 6) is -0.259. The molecular formula is C37H60N10O4. The highest BCUT2D eigenvalue weighted by molar-refractivity contribution is 6.07. The van der Waals surface area contributed by atoms with Crippen molar-refractivity contribution in [3.05, 3.63) is 59.4 Å². The Morgan fingerprint density at radius 2 is 1.31 bits per heavy atom. The fraction of sp³-hybridized carbons (Fsp3) is 0.568. The van der Waals surface area contributed by atoms with Crippen LogP contribution >= 0.6 is 0 Å². The van der Waals surface area contributed by atoms with Gasteiger partial charge in [-0.15, -0.1) is 0 Å². The zero-order chi connectivity index (χ0) is 37.9. The topological polar surface area (TPSA) is 158 Å². The van der Waals surface area contributed by atoms with E-state index in [-0.39, 0.29) is 23.8 Å². The van der Waals surface area contributed by atoms with Gasteiger partial charge in [0.1, 0.15) is 17.1 Å². The van der Waals surface area contributed by atoms with Crippen molar-refractivity contribution < 1.29 is 19.2 Å². The molecule has 3 heterocycles. The maximum atomic E-state index is 13.6. The van der Waals surface area contributed by atoms with Crippen LogP contribution in [0.2, 0.25) is 0 Å². The standard InChI is InChI=1S/C37H60N10O4/c1-25(2)15-12-11-13-16-39-36(51)40-27(4)43-37(5,6)47-22-26(3)19-32(47)35(50)42-29-21-31(46(10)24-29)34(49)41-28-20-30(45(9)23-28)33(48)38-17-14-18-44(7)8/h19-25,27,43H,11-18H2,1-10H3,(H,38,48)(H,41,49)(H,42,50)(H2,39,40,51). The molecule has 0 fully saturated rings. The van der Waals surface area contributed by atoms with Gasteiger partial charge < -0.3 is 45.2 Å². The van der Waals surface area contributed by atoms with E-state index < -0.39 is 11.8 Å². The number of nitrogens with zero attached hydrogens (tertiary/aromatic N) is 4. The predicted molar refractivity (Wildman–Crippen MR) is 203 cm³/mol. The summed E-state index contributed by atoms with van der Waals surface area (Å²) < 4.78 is 5.14. The number of amides is 5. The zero-order valence-corrected chi connectivity index (χ0v) is 32.2. The molecule has 0 aromatic carbocycles. The number of carbonyl (C=O) groups is 4. The van der Waals surface area contributed by atoms with E-state index in [1.807, 2.05) is 52.6 Å². The van der Waals surface area contributed by atoms with Gasteiger partial charge in [-0.3, -0.25) is 19.7 Å². The van der Waals surface area contributed by atoms with Crippen LogP contribution in [0.1, 0.15) is 104 Å². The number of hydrogen-bond acceptors (Lipinski definition) is 6. The van der Waals surface area contributed by atoms with Crippen LogP contribution < -0.4 is 31.9 Å². The van der Waals surface area contributed by atoms with Crippen molar-refractivity contribution in [2.75, 3.05) is 44.4 Å². The average molecular weight is 709 g/mol. The second kappa shape index (κ2) is 18.6. The number of carbonyl (C=O) groups excluding carboxylic acids is 4. The summed E-state index contributed by atoms with van der Waals surface area (Å²) in [6, 6.07) is 4.79. The molecule has 0 saturated heterocycles. The lowest BCUT2D eigenvalue weighted by molar-refractivity contribution is 0.0942. The number of anilines is 2. The third-order valence-corrected chi connectivity index (χ3v) is 8.51. The average Bonchev–Trinajstić information content (AvgIpc) is 3.72. The molecule has 6 N–H and O–H groups in total. The van der Waals surface area contributed by atoms with Gasteiger partial charge in [0.15, 0.2) is 0 Å². The number of aryl methyl sites for hydroxylation is 3. The lowest BCUT2D eigenvalue weighted by Crippen LogP contribution is -2.55. The van der Waals surface area contributed by atoms with E-state index in [0.717, 1.165) is 37.8 Å². The Hall–Kier alpha value is -4.56. The summed E-state index contributed by atoms with van der Waals surface area (Å²) in [6.45, 7) is 14.1. The summed E-state index contributed by atoms with van der Waals surface area (Å²) in [5.41, 5.74) is 2.25. The summed E-state index contributed by atoms with van der Waals surface area (Å²) in [6.07, 6.45) is 10.1. The van der Waals surface area contributed by atoms with Crippen LogP contribution in [-0.2, 0) is 19.8 Å². The predicted octanol–water partition coefficient (Wildman–Crippen LogP) is 4.80. The molecule has 51 heavy (non-hydrogen) atoms. The quantitative estimate of drug-likeness (QED) is 0.0776. The van der Waals surface area contributed by atoms with Crippen LogP contribution in [-0.4, -0.2) is 82.2 Å². The van der Waals surface area contributed by atoms with Crippen LogP contribution in [0.5, 0.6) is 0 Å². The van der Waals surface area contributed by atoms with Crippen LogP contribution in [0.15, 0.2) is 36.8 Å². The first-order chi connectivity index (χ1) is 24.0. The molecule has 0 aliphatic carbocycles. The Bertz CT molecular complexity index is 1630. The van der Waals surface area contributed by atoms with E-state index in [0.29, 0.717) is 47.5 Å². The molecule has 0 radical (unpaired) electrons. The molecule has 0 aliphatic heterocycles. The Kier molecular flexibility index (Phi) is 14.9. The van der Waals surface area contributed by atoms with E-state index in [2.05, 4.69) is 50.6 Å². The fourth-order valence-electron chi connectivity index (χ4n) is 5.97. The van der Waals surface area contributed by atoms with E-state index in [1.54, 1.807) is 53.8 Å². The molecule has 0 aliphatic rings. The van der Waals surface area contributed by atoms with Crippen LogP contribution in [0.4, 0.5) is 16.2 Å². The minimum absolute atomic E-state index is 0.214. The molecule has 1 unspecified atom stereocenters. The molecular weight excluding hydrogens is 648 g/mol. The zero-order valence-electron chi connectivity index (χ0n) is 32.2. The number of nitrogens with one attached hydrogen (secondary N) is 6. The van der Waals surface area contributed by atoms with E-state index in [9.17, 15) is 19.2 Å². The number of aromatic nitrogens is 3. The third kappa shape index (κ3) is 12.6. The van der Waals surface area contributed by atoms with Gasteiger partial charge in [0.05, 0.1) is 23.2 Å². The summed E-state index contributed by atoms with van der Waals surface area (Å²) in [4.78, 5) is 54.1. The summed E-state index contributed by atoms with van der Waals surface area (Å²) >= 11 is 0. The van der Waals surface area contributed by atoms with E-state index >= 15 is 0 Å². The molecule has 3 rings (SSSR count). The third-order valence-electron chi connectivity index (χ3n) is 8.51. The SMILES string of the molecule is Cc1cc(C(=O)Nc2cc(C(=O)Nc3cc(C(=O)NCCCN(C)C)n(C)c3)n(C)c2)n(C(C)(C)NC(C)NC(=O)NCCCCCC(C)C)c1. The Balaban J connectivity index is 1.59. The molecule has 14 heteroatoms. The fourth-order valence-corrected chi connectivity index (χ4v) is 5.97. The highest BCUT2D eigenvalue weighted by Gasteiger charge is 2.28. The van der Waals surface area contributed by atoms with Gasteiger partial charge in [-0.1, -0.05) is 33.1 Å². The molecule has 282 valence electrons. The van der Waals surface area contributed by atoms with Gasteiger partial charge >= 0.3 is 6.03 Å². The monoisotopic (exact) mass is 708 g/mol. The van der Waals surface area contributed by atoms with Crippen LogP contribution in [0.25, 0.3) is 0 Å². The highest BCUT2D eigenvalue weighted by Crippen LogP contribution is 2.22. The van der Waals surface area contributed by atoms with Crippen molar-refractivity contribution in [1.82, 2.24) is 39.9 Å². The number of unbranched alkanes of at least 4 members (excludes halogenated alkanes) is 2. The van der Waals surface area contributed by atoms with Gasteiger partial charge in [-0.2, -0.15) is 0 Å². The minimum Gasteiger partial charge on any atom is -0.351 e. The second-order valence-corrected chi connectivity index (χ2v) is 14.6. The maximum Gasteiger partial charge on any atom is 0.316 e. The van der Waals surface area contributed by atoms with Gasteiger partial charge in [0, 0.05) is 45.8 Å². The Morgan fingerprint density at radius 1 is 0.745 bits per heavy atom.